The number of hydrogen-bond acceptors (Lipinski definition) is 7. The molecule has 0 radical (unpaired) electrons. The van der Waals surface area contributed by atoms with E-state index in [0.717, 1.165) is 44.0 Å². The number of hydrogen-bond donors (Lipinski definition) is 1. The van der Waals surface area contributed by atoms with Crippen LogP contribution in [0.15, 0.2) is 30.7 Å². The molecule has 0 bridgehead atoms. The molecule has 0 aliphatic carbocycles. The maximum absolute atomic E-state index is 9.17. The van der Waals surface area contributed by atoms with E-state index in [1.165, 1.54) is 0 Å². The van der Waals surface area contributed by atoms with Crippen molar-refractivity contribution in [3.8, 4) is 6.07 Å². The van der Waals surface area contributed by atoms with Crippen molar-refractivity contribution >= 4 is 17.4 Å². The van der Waals surface area contributed by atoms with Crippen LogP contribution in [0.5, 0.6) is 0 Å². The molecule has 0 amide bonds. The van der Waals surface area contributed by atoms with Crippen LogP contribution in [0.25, 0.3) is 5.78 Å². The summed E-state index contributed by atoms with van der Waals surface area (Å²) in [7, 11) is 0. The van der Waals surface area contributed by atoms with Crippen molar-refractivity contribution in [3.63, 3.8) is 0 Å². The molecule has 1 N–H and O–H groups in total. The summed E-state index contributed by atoms with van der Waals surface area (Å²) in [4.78, 5) is 15.3. The topological polar surface area (TPSA) is 95.0 Å². The number of fused-ring (bicyclic) bond motifs is 1. The van der Waals surface area contributed by atoms with Gasteiger partial charge in [0, 0.05) is 37.6 Å². The number of nitrogens with one attached hydrogen (secondary N) is 1. The lowest BCUT2D eigenvalue weighted by Gasteiger charge is -2.20. The Kier molecular flexibility index (Phi) is 4.35. The zero-order valence-corrected chi connectivity index (χ0v) is 14.6. The molecule has 26 heavy (non-hydrogen) atoms. The van der Waals surface area contributed by atoms with E-state index in [2.05, 4.69) is 49.3 Å². The van der Waals surface area contributed by atoms with Gasteiger partial charge in [-0.1, -0.05) is 6.92 Å². The van der Waals surface area contributed by atoms with E-state index in [0.29, 0.717) is 23.1 Å². The van der Waals surface area contributed by atoms with E-state index < -0.39 is 0 Å². The lowest BCUT2D eigenvalue weighted by Crippen LogP contribution is -2.25. The molecular formula is C18H20N8. The van der Waals surface area contributed by atoms with Gasteiger partial charge in [-0.15, -0.1) is 0 Å². The third-order valence-corrected chi connectivity index (χ3v) is 4.74. The van der Waals surface area contributed by atoms with E-state index in [9.17, 15) is 5.26 Å². The summed E-state index contributed by atoms with van der Waals surface area (Å²) >= 11 is 0. The number of nitrogens with zero attached hydrogens (tertiary/aromatic N) is 7. The number of aryl methyl sites for hydroxylation is 1. The van der Waals surface area contributed by atoms with Crippen molar-refractivity contribution in [3.05, 3.63) is 42.0 Å². The zero-order chi connectivity index (χ0) is 17.9. The highest BCUT2D eigenvalue weighted by atomic mass is 15.4. The molecule has 1 unspecified atom stereocenters. The van der Waals surface area contributed by atoms with Crippen LogP contribution in [-0.2, 0) is 6.42 Å². The highest BCUT2D eigenvalue weighted by Gasteiger charge is 2.25. The first-order chi connectivity index (χ1) is 12.8. The Labute approximate surface area is 151 Å². The van der Waals surface area contributed by atoms with Crippen LogP contribution in [0, 0.1) is 17.2 Å². The summed E-state index contributed by atoms with van der Waals surface area (Å²) in [6.07, 6.45) is 5.19. The largest absolute Gasteiger partial charge is 0.369 e. The highest BCUT2D eigenvalue weighted by Crippen LogP contribution is 2.25. The van der Waals surface area contributed by atoms with Gasteiger partial charge in [-0.2, -0.15) is 19.9 Å². The van der Waals surface area contributed by atoms with Crippen LogP contribution >= 0.6 is 0 Å². The van der Waals surface area contributed by atoms with Crippen molar-refractivity contribution in [2.75, 3.05) is 29.9 Å². The molecule has 1 saturated heterocycles. The summed E-state index contributed by atoms with van der Waals surface area (Å²) in [6, 6.07) is 7.83. The van der Waals surface area contributed by atoms with E-state index in [1.54, 1.807) is 24.7 Å². The Hall–Kier alpha value is -3.21. The second kappa shape index (κ2) is 6.96. The van der Waals surface area contributed by atoms with Crippen LogP contribution in [-0.4, -0.2) is 44.2 Å². The first-order valence-corrected chi connectivity index (χ1v) is 8.82. The molecule has 4 rings (SSSR count). The molecule has 3 aromatic heterocycles. The van der Waals surface area contributed by atoms with Gasteiger partial charge in [0.15, 0.2) is 0 Å². The third-order valence-electron chi connectivity index (χ3n) is 4.74. The van der Waals surface area contributed by atoms with Crippen LogP contribution in [0.4, 0.5) is 11.6 Å². The SMILES string of the molecule is CCc1cc(N2CCC(CNc3ncccc3C#N)C2)n2ncnc2n1. The smallest absolute Gasteiger partial charge is 0.254 e. The predicted octanol–water partition coefficient (Wildman–Crippen LogP) is 1.89. The third kappa shape index (κ3) is 3.04. The average Bonchev–Trinajstić information content (AvgIpc) is 3.35. The van der Waals surface area contributed by atoms with Gasteiger partial charge in [0.2, 0.25) is 0 Å². The maximum Gasteiger partial charge on any atom is 0.254 e. The molecule has 0 aromatic carbocycles. The molecule has 132 valence electrons. The fraction of sp³-hybridized carbons (Fsp3) is 0.389. The standard InChI is InChI=1S/C18H20N8/c1-2-15-8-16(26-18(24-15)22-12-23-26)25-7-5-13(11-25)10-21-17-14(9-19)4-3-6-20-17/h3-4,6,8,12-13H,2,5,7,10-11H2,1H3,(H,20,21). The number of anilines is 2. The van der Waals surface area contributed by atoms with Gasteiger partial charge in [0.1, 0.15) is 24.0 Å². The summed E-state index contributed by atoms with van der Waals surface area (Å²) in [5.74, 6) is 2.82. The Bertz CT molecular complexity index is 957. The van der Waals surface area contributed by atoms with Crippen molar-refractivity contribution < 1.29 is 0 Å². The van der Waals surface area contributed by atoms with Gasteiger partial charge in [0.05, 0.1) is 5.56 Å². The monoisotopic (exact) mass is 348 g/mol. The van der Waals surface area contributed by atoms with Crippen LogP contribution in [0.1, 0.15) is 24.6 Å². The van der Waals surface area contributed by atoms with Gasteiger partial charge in [-0.3, -0.25) is 0 Å². The normalized spacial score (nSPS) is 16.8. The molecule has 4 heterocycles. The number of rotatable bonds is 5. The van der Waals surface area contributed by atoms with Gasteiger partial charge < -0.3 is 10.2 Å². The summed E-state index contributed by atoms with van der Waals surface area (Å²) in [5, 5.41) is 16.8. The van der Waals surface area contributed by atoms with Crippen LogP contribution < -0.4 is 10.2 Å². The molecule has 1 aliphatic rings. The van der Waals surface area contributed by atoms with Crippen molar-refractivity contribution in [1.29, 1.82) is 5.26 Å². The van der Waals surface area contributed by atoms with Crippen molar-refractivity contribution in [2.45, 2.75) is 19.8 Å². The summed E-state index contributed by atoms with van der Waals surface area (Å²) in [5.41, 5.74) is 1.60. The Balaban J connectivity index is 1.47. The minimum atomic E-state index is 0.473. The van der Waals surface area contributed by atoms with Gasteiger partial charge in [-0.25, -0.2) is 9.97 Å². The van der Waals surface area contributed by atoms with E-state index in [1.807, 2.05) is 4.52 Å². The van der Waals surface area contributed by atoms with Crippen molar-refractivity contribution in [2.24, 2.45) is 5.92 Å². The quantitative estimate of drug-likeness (QED) is 0.752. The molecule has 8 heteroatoms. The maximum atomic E-state index is 9.17. The molecule has 0 spiro atoms. The Morgan fingerprint density at radius 1 is 1.38 bits per heavy atom. The second-order valence-corrected chi connectivity index (χ2v) is 6.42. The first kappa shape index (κ1) is 16.3. The molecule has 1 fully saturated rings. The van der Waals surface area contributed by atoms with Gasteiger partial charge in [0.25, 0.3) is 5.78 Å². The number of nitriles is 1. The van der Waals surface area contributed by atoms with E-state index in [4.69, 9.17) is 0 Å². The van der Waals surface area contributed by atoms with Crippen LogP contribution in [0.3, 0.4) is 0 Å². The highest BCUT2D eigenvalue weighted by molar-refractivity contribution is 5.51. The Morgan fingerprint density at radius 2 is 2.31 bits per heavy atom. The average molecular weight is 348 g/mol. The molecule has 0 saturated carbocycles. The fourth-order valence-corrected chi connectivity index (χ4v) is 3.34. The minimum Gasteiger partial charge on any atom is -0.369 e. The molecular weight excluding hydrogens is 328 g/mol. The summed E-state index contributed by atoms with van der Waals surface area (Å²) in [6.45, 7) is 4.76. The van der Waals surface area contributed by atoms with Crippen LogP contribution in [0.2, 0.25) is 0 Å². The molecule has 3 aromatic rings. The molecule has 1 atom stereocenters. The fourth-order valence-electron chi connectivity index (χ4n) is 3.34. The second-order valence-electron chi connectivity index (χ2n) is 6.42. The Morgan fingerprint density at radius 3 is 3.15 bits per heavy atom. The lowest BCUT2D eigenvalue weighted by atomic mass is 10.1. The van der Waals surface area contributed by atoms with Gasteiger partial charge >= 0.3 is 0 Å². The van der Waals surface area contributed by atoms with E-state index in [-0.39, 0.29) is 0 Å². The van der Waals surface area contributed by atoms with Crippen molar-refractivity contribution in [1.82, 2.24) is 24.6 Å². The van der Waals surface area contributed by atoms with E-state index >= 15 is 0 Å². The zero-order valence-electron chi connectivity index (χ0n) is 14.6. The number of aromatic nitrogens is 5. The van der Waals surface area contributed by atoms with Gasteiger partial charge in [-0.05, 0) is 30.9 Å². The minimum absolute atomic E-state index is 0.473. The molecule has 8 nitrogen and oxygen atoms in total. The number of pyridine rings is 1. The molecule has 1 aliphatic heterocycles. The summed E-state index contributed by atoms with van der Waals surface area (Å²) < 4.78 is 1.81. The predicted molar refractivity (Wildman–Crippen MR) is 97.9 cm³/mol. The first-order valence-electron chi connectivity index (χ1n) is 8.82. The lowest BCUT2D eigenvalue weighted by molar-refractivity contribution is 0.620.